The number of hydrogen-bond donors (Lipinski definition) is 0. The largest absolute Gasteiger partial charge is 0.461 e. The molecule has 4 heteroatoms. The number of halogens is 1. The van der Waals surface area contributed by atoms with Crippen LogP contribution in [0.25, 0.3) is 0 Å². The molecule has 0 heterocycles. The molecule has 0 aromatic rings. The van der Waals surface area contributed by atoms with Crippen molar-refractivity contribution in [2.75, 3.05) is 11.6 Å². The Morgan fingerprint density at radius 3 is 2.46 bits per heavy atom. The maximum Gasteiger partial charge on any atom is 0.321 e. The van der Waals surface area contributed by atoms with Crippen molar-refractivity contribution >= 4 is 29.3 Å². The summed E-state index contributed by atoms with van der Waals surface area (Å²) in [7, 11) is 0. The summed E-state index contributed by atoms with van der Waals surface area (Å²) < 4.78 is 5.21. The highest BCUT2D eigenvalue weighted by Gasteiger charge is 2.14. The molecule has 0 aliphatic heterocycles. The summed E-state index contributed by atoms with van der Waals surface area (Å²) in [6.45, 7) is 8.28. The minimum atomic E-state index is -0.344. The van der Waals surface area contributed by atoms with Crippen molar-refractivity contribution in [3.05, 3.63) is 0 Å². The van der Waals surface area contributed by atoms with Crippen LogP contribution in [0.5, 0.6) is 0 Å². The first-order valence-corrected chi connectivity index (χ1v) is 5.76. The van der Waals surface area contributed by atoms with Gasteiger partial charge in [0, 0.05) is 10.5 Å². The third-order valence-corrected chi connectivity index (χ3v) is 2.91. The normalized spacial score (nSPS) is 13.9. The van der Waals surface area contributed by atoms with Crippen LogP contribution in [0, 0.1) is 0 Å². The monoisotopic (exact) mass is 224 g/mol. The average molecular weight is 225 g/mol. The molecule has 13 heavy (non-hydrogen) atoms. The van der Waals surface area contributed by atoms with Gasteiger partial charge in [-0.1, -0.05) is 20.8 Å². The lowest BCUT2D eigenvalue weighted by Crippen LogP contribution is -2.21. The molecule has 0 spiro atoms. The quantitative estimate of drug-likeness (QED) is 0.543. The molecule has 0 rings (SSSR count). The Hall–Kier alpha value is 0.110. The van der Waals surface area contributed by atoms with E-state index in [4.69, 9.17) is 16.3 Å². The predicted molar refractivity (Wildman–Crippen MR) is 58.5 cm³/mol. The fourth-order valence-corrected chi connectivity index (χ4v) is 1.52. The third kappa shape index (κ3) is 8.44. The maximum absolute atomic E-state index is 10.8. The Kier molecular flexibility index (Phi) is 5.81. The lowest BCUT2D eigenvalue weighted by molar-refractivity contribution is -0.143. The summed E-state index contributed by atoms with van der Waals surface area (Å²) in [5.74, 6) is 0.403. The van der Waals surface area contributed by atoms with Gasteiger partial charge in [-0.15, -0.1) is 11.6 Å². The molecule has 0 bridgehead atoms. The smallest absolute Gasteiger partial charge is 0.321 e. The highest BCUT2D eigenvalue weighted by atomic mass is 35.5. The van der Waals surface area contributed by atoms with Gasteiger partial charge in [-0.3, -0.25) is 4.79 Å². The van der Waals surface area contributed by atoms with Crippen LogP contribution in [0.4, 0.5) is 0 Å². The summed E-state index contributed by atoms with van der Waals surface area (Å²) >= 11 is 7.08. The van der Waals surface area contributed by atoms with E-state index in [2.05, 4.69) is 20.8 Å². The molecule has 0 N–H and O–H groups in total. The highest BCUT2D eigenvalue weighted by molar-refractivity contribution is 8.00. The van der Waals surface area contributed by atoms with E-state index >= 15 is 0 Å². The molecule has 0 saturated carbocycles. The highest BCUT2D eigenvalue weighted by Crippen LogP contribution is 2.24. The predicted octanol–water partition coefficient (Wildman–Crippen LogP) is 2.69. The van der Waals surface area contributed by atoms with Crippen molar-refractivity contribution < 1.29 is 9.53 Å². The van der Waals surface area contributed by atoms with Gasteiger partial charge in [-0.2, -0.15) is 11.8 Å². The zero-order valence-corrected chi connectivity index (χ0v) is 10.2. The first kappa shape index (κ1) is 13.1. The van der Waals surface area contributed by atoms with Gasteiger partial charge in [0.25, 0.3) is 0 Å². The van der Waals surface area contributed by atoms with Gasteiger partial charge in [0.2, 0.25) is 0 Å². The van der Waals surface area contributed by atoms with Crippen molar-refractivity contribution in [3.8, 4) is 0 Å². The standard InChI is InChI=1S/C9H17ClO2S/c1-7(12-8(11)5-10)6-13-9(2,3)4/h7H,5-6H2,1-4H3. The fraction of sp³-hybridized carbons (Fsp3) is 0.889. The fourth-order valence-electron chi connectivity index (χ4n) is 0.657. The molecule has 0 amide bonds. The van der Waals surface area contributed by atoms with Crippen molar-refractivity contribution in [1.29, 1.82) is 0 Å². The van der Waals surface area contributed by atoms with E-state index in [9.17, 15) is 4.79 Å². The van der Waals surface area contributed by atoms with Gasteiger partial charge >= 0.3 is 5.97 Å². The van der Waals surface area contributed by atoms with Crippen molar-refractivity contribution in [2.24, 2.45) is 0 Å². The summed E-state index contributed by atoms with van der Waals surface area (Å²) in [6.07, 6.45) is -0.0597. The summed E-state index contributed by atoms with van der Waals surface area (Å²) in [5.41, 5.74) is 0. The molecule has 0 fully saturated rings. The minimum absolute atomic E-state index is 0.0597. The van der Waals surface area contributed by atoms with E-state index in [-0.39, 0.29) is 22.7 Å². The summed E-state index contributed by atoms with van der Waals surface area (Å²) in [6, 6.07) is 0. The zero-order valence-electron chi connectivity index (χ0n) is 8.59. The third-order valence-electron chi connectivity index (χ3n) is 1.19. The first-order valence-electron chi connectivity index (χ1n) is 4.24. The van der Waals surface area contributed by atoms with Crippen LogP contribution in [0.2, 0.25) is 0 Å². The molecule has 0 aromatic heterocycles. The number of carbonyl (C=O) groups is 1. The molecule has 0 saturated heterocycles. The number of thioether (sulfide) groups is 1. The SMILES string of the molecule is CC(CSC(C)(C)C)OC(=O)CCl. The van der Waals surface area contributed by atoms with Crippen LogP contribution in [0.1, 0.15) is 27.7 Å². The van der Waals surface area contributed by atoms with Crippen molar-refractivity contribution in [2.45, 2.75) is 38.5 Å². The molecule has 78 valence electrons. The van der Waals surface area contributed by atoms with Crippen LogP contribution in [-0.2, 0) is 9.53 Å². The van der Waals surface area contributed by atoms with Crippen LogP contribution in [-0.4, -0.2) is 28.5 Å². The number of rotatable bonds is 4. The van der Waals surface area contributed by atoms with Crippen LogP contribution in [0.3, 0.4) is 0 Å². The second-order valence-corrected chi connectivity index (χ2v) is 5.97. The maximum atomic E-state index is 10.8. The second kappa shape index (κ2) is 5.76. The molecule has 0 aliphatic rings. The Bertz CT molecular complexity index is 165. The summed E-state index contributed by atoms with van der Waals surface area (Å²) in [4.78, 5) is 10.8. The molecule has 0 radical (unpaired) electrons. The molecule has 0 aromatic carbocycles. The van der Waals surface area contributed by atoms with Crippen molar-refractivity contribution in [3.63, 3.8) is 0 Å². The van der Waals surface area contributed by atoms with Gasteiger partial charge in [0.15, 0.2) is 0 Å². The molecule has 0 aliphatic carbocycles. The number of esters is 1. The molecular formula is C9H17ClO2S. The minimum Gasteiger partial charge on any atom is -0.461 e. The van der Waals surface area contributed by atoms with Gasteiger partial charge in [0.1, 0.15) is 12.0 Å². The van der Waals surface area contributed by atoms with Crippen LogP contribution < -0.4 is 0 Å². The second-order valence-electron chi connectivity index (χ2n) is 3.86. The van der Waals surface area contributed by atoms with Gasteiger partial charge in [-0.05, 0) is 6.92 Å². The number of ether oxygens (including phenoxy) is 1. The van der Waals surface area contributed by atoms with E-state index in [1.54, 1.807) is 11.8 Å². The number of alkyl halides is 1. The van der Waals surface area contributed by atoms with Gasteiger partial charge < -0.3 is 4.74 Å². The van der Waals surface area contributed by atoms with Gasteiger partial charge in [-0.25, -0.2) is 0 Å². The molecule has 2 nitrogen and oxygen atoms in total. The van der Waals surface area contributed by atoms with E-state index < -0.39 is 0 Å². The zero-order chi connectivity index (χ0) is 10.5. The lowest BCUT2D eigenvalue weighted by Gasteiger charge is -2.20. The lowest BCUT2D eigenvalue weighted by atomic mass is 10.3. The van der Waals surface area contributed by atoms with Crippen LogP contribution in [0.15, 0.2) is 0 Å². The van der Waals surface area contributed by atoms with E-state index in [1.807, 2.05) is 6.92 Å². The Morgan fingerprint density at radius 2 is 2.08 bits per heavy atom. The molecular weight excluding hydrogens is 208 g/mol. The Labute approximate surface area is 89.4 Å². The molecule has 1 atom stereocenters. The van der Waals surface area contributed by atoms with E-state index in [0.29, 0.717) is 0 Å². The van der Waals surface area contributed by atoms with Crippen molar-refractivity contribution in [1.82, 2.24) is 0 Å². The number of carbonyl (C=O) groups excluding carboxylic acids is 1. The number of hydrogen-bond acceptors (Lipinski definition) is 3. The Balaban J connectivity index is 3.63. The first-order chi connectivity index (χ1) is 5.85. The average Bonchev–Trinajstić information content (AvgIpc) is 1.99. The molecule has 1 unspecified atom stereocenters. The van der Waals surface area contributed by atoms with E-state index in [0.717, 1.165) is 5.75 Å². The van der Waals surface area contributed by atoms with E-state index in [1.165, 1.54) is 0 Å². The summed E-state index contributed by atoms with van der Waals surface area (Å²) in [5, 5.41) is 0. The topological polar surface area (TPSA) is 26.3 Å². The Morgan fingerprint density at radius 1 is 1.54 bits per heavy atom. The van der Waals surface area contributed by atoms with Crippen LogP contribution >= 0.6 is 23.4 Å². The van der Waals surface area contributed by atoms with Gasteiger partial charge in [0.05, 0.1) is 0 Å².